The first-order valence-electron chi connectivity index (χ1n) is 13.3. The average molecular weight is 558 g/mol. The first-order chi connectivity index (χ1) is 19.5. The normalized spacial score (nSPS) is 13.8. The van der Waals surface area contributed by atoms with Crippen molar-refractivity contribution in [3.63, 3.8) is 0 Å². The van der Waals surface area contributed by atoms with Gasteiger partial charge in [-0.1, -0.05) is 49.2 Å². The van der Waals surface area contributed by atoms with Crippen molar-refractivity contribution >= 4 is 29.1 Å². The number of hydrogen-bond acceptors (Lipinski definition) is 4. The molecule has 2 amide bonds. The summed E-state index contributed by atoms with van der Waals surface area (Å²) < 4.78 is 12.9. The number of benzene rings is 3. The second-order valence-electron chi connectivity index (χ2n) is 9.66. The fourth-order valence-electron chi connectivity index (χ4n) is 5.21. The molecule has 40 heavy (non-hydrogen) atoms. The van der Waals surface area contributed by atoms with E-state index in [1.54, 1.807) is 30.2 Å². The number of aromatic nitrogens is 1. The summed E-state index contributed by atoms with van der Waals surface area (Å²) in [6, 6.07) is 24.1. The van der Waals surface area contributed by atoms with Crippen LogP contribution < -0.4 is 14.4 Å². The van der Waals surface area contributed by atoms with Crippen LogP contribution >= 0.6 is 11.6 Å². The third kappa shape index (κ3) is 5.17. The lowest BCUT2D eigenvalue weighted by molar-refractivity contribution is -0.119. The van der Waals surface area contributed by atoms with Crippen LogP contribution in [0.1, 0.15) is 47.4 Å². The van der Waals surface area contributed by atoms with E-state index in [4.69, 9.17) is 21.1 Å². The lowest BCUT2D eigenvalue weighted by Gasteiger charge is -2.39. The molecule has 206 valence electrons. The molecule has 0 saturated carbocycles. The summed E-state index contributed by atoms with van der Waals surface area (Å²) in [4.78, 5) is 31.6. The summed E-state index contributed by atoms with van der Waals surface area (Å²) in [6.45, 7) is 2.41. The number of amides is 2. The van der Waals surface area contributed by atoms with E-state index in [9.17, 15) is 9.59 Å². The van der Waals surface area contributed by atoms with E-state index in [-0.39, 0.29) is 18.4 Å². The van der Waals surface area contributed by atoms with Gasteiger partial charge in [0, 0.05) is 23.8 Å². The number of halogens is 1. The Labute approximate surface area is 239 Å². The van der Waals surface area contributed by atoms with Gasteiger partial charge in [-0.25, -0.2) is 0 Å². The van der Waals surface area contributed by atoms with Gasteiger partial charge in [0.1, 0.15) is 24.1 Å². The number of carbonyl (C=O) groups excluding carboxylic acids is 2. The molecule has 2 heterocycles. The highest BCUT2D eigenvalue weighted by Gasteiger charge is 2.37. The Morgan fingerprint density at radius 1 is 0.925 bits per heavy atom. The van der Waals surface area contributed by atoms with Crippen LogP contribution in [0.15, 0.2) is 85.1 Å². The number of nitrogens with zero attached hydrogens (tertiary/aromatic N) is 3. The summed E-state index contributed by atoms with van der Waals surface area (Å²) >= 11 is 6.22. The molecule has 0 aliphatic carbocycles. The molecule has 1 aromatic heterocycles. The molecule has 8 heteroatoms. The molecule has 3 aromatic carbocycles. The molecule has 1 aliphatic rings. The Hall–Kier alpha value is -4.23. The largest absolute Gasteiger partial charge is 0.497 e. The molecule has 1 aliphatic heterocycles. The second kappa shape index (κ2) is 11.9. The zero-order valence-electron chi connectivity index (χ0n) is 22.8. The average Bonchev–Trinajstić information content (AvgIpc) is 3.48. The Bertz CT molecular complexity index is 1510. The second-order valence-corrected chi connectivity index (χ2v) is 10.1. The van der Waals surface area contributed by atoms with Crippen molar-refractivity contribution in [3.05, 3.63) is 107 Å². The standard InChI is InChI=1S/C32H32ClN3O4/c1-4-5-18-34(32(38)25-17-16-24(39-2)20-29(25)40-3)21-30(37)36-27-10-7-6-9-26(27)35-19-8-11-28(35)31(36)22-12-14-23(33)15-13-22/h6-17,19-20,31H,4-5,18,21H2,1-3H3. The highest BCUT2D eigenvalue weighted by molar-refractivity contribution is 6.30. The van der Waals surface area contributed by atoms with Gasteiger partial charge in [-0.15, -0.1) is 0 Å². The van der Waals surface area contributed by atoms with Crippen molar-refractivity contribution < 1.29 is 19.1 Å². The van der Waals surface area contributed by atoms with Gasteiger partial charge in [0.25, 0.3) is 5.91 Å². The SMILES string of the molecule is CCCCN(CC(=O)N1c2ccccc2-n2cccc2C1c1ccc(Cl)cc1)C(=O)c1ccc(OC)cc1OC. The number of rotatable bonds is 9. The highest BCUT2D eigenvalue weighted by Crippen LogP contribution is 2.42. The predicted octanol–water partition coefficient (Wildman–Crippen LogP) is 6.53. The fourth-order valence-corrected chi connectivity index (χ4v) is 5.33. The molecule has 0 bridgehead atoms. The van der Waals surface area contributed by atoms with Gasteiger partial charge < -0.3 is 18.9 Å². The lowest BCUT2D eigenvalue weighted by Crippen LogP contribution is -2.47. The Morgan fingerprint density at radius 3 is 2.38 bits per heavy atom. The van der Waals surface area contributed by atoms with Crippen molar-refractivity contribution in [1.29, 1.82) is 0 Å². The molecule has 4 aromatic rings. The van der Waals surface area contributed by atoms with E-state index in [2.05, 4.69) is 11.5 Å². The Morgan fingerprint density at radius 2 is 1.68 bits per heavy atom. The minimum Gasteiger partial charge on any atom is -0.497 e. The van der Waals surface area contributed by atoms with Crippen LogP contribution in [0.4, 0.5) is 5.69 Å². The summed E-state index contributed by atoms with van der Waals surface area (Å²) in [7, 11) is 3.08. The number of unbranched alkanes of at least 4 members (excludes halogenated alkanes) is 1. The zero-order chi connectivity index (χ0) is 28.2. The molecule has 0 spiro atoms. The first-order valence-corrected chi connectivity index (χ1v) is 13.7. The maximum atomic E-state index is 14.4. The maximum Gasteiger partial charge on any atom is 0.258 e. The Kier molecular flexibility index (Phi) is 8.12. The van der Waals surface area contributed by atoms with E-state index in [1.807, 2.05) is 71.8 Å². The van der Waals surface area contributed by atoms with Crippen molar-refractivity contribution in [2.45, 2.75) is 25.8 Å². The van der Waals surface area contributed by atoms with Gasteiger partial charge >= 0.3 is 0 Å². The quantitative estimate of drug-likeness (QED) is 0.235. The van der Waals surface area contributed by atoms with Crippen LogP contribution in [-0.4, -0.2) is 48.6 Å². The van der Waals surface area contributed by atoms with E-state index in [0.717, 1.165) is 35.5 Å². The molecule has 0 radical (unpaired) electrons. The fraction of sp³-hybridized carbons (Fsp3) is 0.250. The molecule has 1 atom stereocenters. The topological polar surface area (TPSA) is 64.0 Å². The monoisotopic (exact) mass is 557 g/mol. The number of anilines is 1. The number of carbonyl (C=O) groups is 2. The van der Waals surface area contributed by atoms with Gasteiger partial charge in [0.2, 0.25) is 5.91 Å². The highest BCUT2D eigenvalue weighted by atomic mass is 35.5. The van der Waals surface area contributed by atoms with Gasteiger partial charge in [-0.3, -0.25) is 14.5 Å². The van der Waals surface area contributed by atoms with E-state index in [0.29, 0.717) is 28.6 Å². The van der Waals surface area contributed by atoms with Gasteiger partial charge in [0.05, 0.1) is 36.9 Å². The summed E-state index contributed by atoms with van der Waals surface area (Å²) in [5, 5.41) is 0.623. The molecule has 7 nitrogen and oxygen atoms in total. The van der Waals surface area contributed by atoms with Crippen molar-refractivity contribution in [3.8, 4) is 17.2 Å². The third-order valence-corrected chi connectivity index (χ3v) is 7.46. The summed E-state index contributed by atoms with van der Waals surface area (Å²) in [6.07, 6.45) is 3.65. The van der Waals surface area contributed by atoms with Gasteiger partial charge in [-0.2, -0.15) is 0 Å². The number of methoxy groups -OCH3 is 2. The first kappa shape index (κ1) is 27.3. The smallest absolute Gasteiger partial charge is 0.258 e. The molecule has 0 saturated heterocycles. The van der Waals surface area contributed by atoms with E-state index < -0.39 is 6.04 Å². The molecular weight excluding hydrogens is 526 g/mol. The van der Waals surface area contributed by atoms with Crippen LogP contribution in [-0.2, 0) is 4.79 Å². The molecular formula is C32H32ClN3O4. The molecule has 0 N–H and O–H groups in total. The van der Waals surface area contributed by atoms with E-state index >= 15 is 0 Å². The molecule has 0 fully saturated rings. The predicted molar refractivity (Wildman–Crippen MR) is 157 cm³/mol. The Balaban J connectivity index is 1.55. The van der Waals surface area contributed by atoms with Crippen LogP contribution in [0.25, 0.3) is 5.69 Å². The van der Waals surface area contributed by atoms with Gasteiger partial charge in [-0.05, 0) is 60.5 Å². The van der Waals surface area contributed by atoms with Crippen molar-refractivity contribution in [1.82, 2.24) is 9.47 Å². The van der Waals surface area contributed by atoms with Crippen molar-refractivity contribution in [2.24, 2.45) is 0 Å². The number of hydrogen-bond donors (Lipinski definition) is 0. The number of fused-ring (bicyclic) bond motifs is 3. The number of ether oxygens (including phenoxy) is 2. The lowest BCUT2D eigenvalue weighted by atomic mass is 9.97. The molecule has 1 unspecified atom stereocenters. The van der Waals surface area contributed by atoms with Crippen LogP contribution in [0, 0.1) is 0 Å². The summed E-state index contributed by atoms with van der Waals surface area (Å²) in [5.74, 6) is 0.539. The van der Waals surface area contributed by atoms with Crippen LogP contribution in [0.2, 0.25) is 5.02 Å². The van der Waals surface area contributed by atoms with Crippen LogP contribution in [0.3, 0.4) is 0 Å². The molecule has 5 rings (SSSR count). The van der Waals surface area contributed by atoms with Gasteiger partial charge in [0.15, 0.2) is 0 Å². The third-order valence-electron chi connectivity index (χ3n) is 7.21. The number of para-hydroxylation sites is 2. The minimum atomic E-state index is -0.395. The van der Waals surface area contributed by atoms with Crippen LogP contribution in [0.5, 0.6) is 11.5 Å². The zero-order valence-corrected chi connectivity index (χ0v) is 23.6. The van der Waals surface area contributed by atoms with E-state index in [1.165, 1.54) is 7.11 Å². The van der Waals surface area contributed by atoms with Crippen molar-refractivity contribution in [2.75, 3.05) is 32.2 Å². The summed E-state index contributed by atoms with van der Waals surface area (Å²) in [5.41, 5.74) is 3.95. The minimum absolute atomic E-state index is 0.0901. The maximum absolute atomic E-state index is 14.4.